The highest BCUT2D eigenvalue weighted by Crippen LogP contribution is 2.12. The third-order valence-corrected chi connectivity index (χ3v) is 2.33. The predicted molar refractivity (Wildman–Crippen MR) is 61.9 cm³/mol. The summed E-state index contributed by atoms with van der Waals surface area (Å²) in [5.74, 6) is -0.867. The van der Waals surface area contributed by atoms with Gasteiger partial charge in [0.05, 0.1) is 6.42 Å². The number of carbonyl (C=O) groups is 2. The lowest BCUT2D eigenvalue weighted by Gasteiger charge is -2.34. The van der Waals surface area contributed by atoms with E-state index in [1.807, 2.05) is 20.8 Å². The Hall–Kier alpha value is -1.30. The number of nitrogens with one attached hydrogen (secondary N) is 1. The number of piperazine rings is 1. The molecule has 1 atom stereocenters. The summed E-state index contributed by atoms with van der Waals surface area (Å²) in [6, 6.07) is -0.200. The molecule has 0 aliphatic carbocycles. The fourth-order valence-corrected chi connectivity index (χ4v) is 1.67. The number of ether oxygens (including phenoxy) is 1. The van der Waals surface area contributed by atoms with Crippen LogP contribution in [0, 0.1) is 0 Å². The fourth-order valence-electron chi connectivity index (χ4n) is 1.67. The molecular weight excluding hydrogens is 224 g/mol. The second kappa shape index (κ2) is 5.35. The van der Waals surface area contributed by atoms with E-state index in [1.165, 1.54) is 0 Å². The minimum Gasteiger partial charge on any atom is -0.481 e. The first-order valence-electron chi connectivity index (χ1n) is 5.71. The highest BCUT2D eigenvalue weighted by atomic mass is 16.6. The fraction of sp³-hybridized carbons (Fsp3) is 0.818. The van der Waals surface area contributed by atoms with E-state index in [0.29, 0.717) is 19.6 Å². The summed E-state index contributed by atoms with van der Waals surface area (Å²) in [6.45, 7) is 6.94. The molecule has 1 rings (SSSR count). The van der Waals surface area contributed by atoms with Crippen LogP contribution in [0.25, 0.3) is 0 Å². The molecule has 0 spiro atoms. The summed E-state index contributed by atoms with van der Waals surface area (Å²) in [7, 11) is 0. The maximum atomic E-state index is 11.8. The van der Waals surface area contributed by atoms with Crippen LogP contribution in [0.15, 0.2) is 0 Å². The van der Waals surface area contributed by atoms with Gasteiger partial charge in [-0.05, 0) is 20.8 Å². The first-order valence-corrected chi connectivity index (χ1v) is 5.71. The molecule has 1 heterocycles. The molecule has 17 heavy (non-hydrogen) atoms. The maximum Gasteiger partial charge on any atom is 0.410 e. The standard InChI is InChI=1S/C11H20N2O4/c1-11(2,3)17-10(16)13-5-4-12-8(7-13)6-9(14)15/h8,12H,4-7H2,1-3H3,(H,14,15)/t8-/m1/s1. The molecule has 0 aromatic carbocycles. The van der Waals surface area contributed by atoms with Crippen molar-refractivity contribution in [2.75, 3.05) is 19.6 Å². The van der Waals surface area contributed by atoms with Gasteiger partial charge in [-0.25, -0.2) is 4.79 Å². The lowest BCUT2D eigenvalue weighted by atomic mass is 10.1. The Balaban J connectivity index is 2.49. The molecule has 6 heteroatoms. The number of carboxylic acid groups (broad SMARTS) is 1. The largest absolute Gasteiger partial charge is 0.481 e. The van der Waals surface area contributed by atoms with Gasteiger partial charge < -0.3 is 20.1 Å². The molecule has 1 aliphatic heterocycles. The first-order chi connectivity index (χ1) is 7.78. The Morgan fingerprint density at radius 2 is 2.12 bits per heavy atom. The summed E-state index contributed by atoms with van der Waals surface area (Å²) in [5.41, 5.74) is -0.524. The van der Waals surface area contributed by atoms with Gasteiger partial charge >= 0.3 is 12.1 Å². The Kier molecular flexibility index (Phi) is 4.34. The van der Waals surface area contributed by atoms with Crippen LogP contribution < -0.4 is 5.32 Å². The van der Waals surface area contributed by atoms with Crippen molar-refractivity contribution in [3.8, 4) is 0 Å². The van der Waals surface area contributed by atoms with Crippen LogP contribution in [0.5, 0.6) is 0 Å². The normalized spacial score (nSPS) is 21.1. The Morgan fingerprint density at radius 1 is 1.47 bits per heavy atom. The molecule has 1 aliphatic rings. The van der Waals surface area contributed by atoms with Crippen LogP contribution in [-0.2, 0) is 9.53 Å². The van der Waals surface area contributed by atoms with Gasteiger partial charge in [-0.15, -0.1) is 0 Å². The second-order valence-electron chi connectivity index (χ2n) is 5.18. The van der Waals surface area contributed by atoms with Crippen molar-refractivity contribution in [2.24, 2.45) is 0 Å². The molecule has 0 unspecified atom stereocenters. The van der Waals surface area contributed by atoms with Crippen LogP contribution in [0.2, 0.25) is 0 Å². The Labute approximate surface area is 101 Å². The third-order valence-electron chi connectivity index (χ3n) is 2.33. The molecule has 0 aromatic rings. The molecule has 2 N–H and O–H groups in total. The number of aliphatic carboxylic acids is 1. The Morgan fingerprint density at radius 3 is 2.65 bits per heavy atom. The molecule has 0 aromatic heterocycles. The van der Waals surface area contributed by atoms with Gasteiger partial charge in [0.1, 0.15) is 5.60 Å². The quantitative estimate of drug-likeness (QED) is 0.746. The molecule has 0 radical (unpaired) electrons. The molecular formula is C11H20N2O4. The SMILES string of the molecule is CC(C)(C)OC(=O)N1CCN[C@H](CC(=O)O)C1. The van der Waals surface area contributed by atoms with Crippen molar-refractivity contribution in [1.29, 1.82) is 0 Å². The summed E-state index contributed by atoms with van der Waals surface area (Å²) in [5, 5.41) is 11.8. The van der Waals surface area contributed by atoms with Gasteiger partial charge in [-0.3, -0.25) is 4.79 Å². The highest BCUT2D eigenvalue weighted by Gasteiger charge is 2.28. The van der Waals surface area contributed by atoms with Crippen molar-refractivity contribution < 1.29 is 19.4 Å². The minimum absolute atomic E-state index is 0.0132. The predicted octanol–water partition coefficient (Wildman–Crippen LogP) is 0.670. The number of hydrogen-bond acceptors (Lipinski definition) is 4. The number of nitrogens with zero attached hydrogens (tertiary/aromatic N) is 1. The second-order valence-corrected chi connectivity index (χ2v) is 5.18. The van der Waals surface area contributed by atoms with Crippen molar-refractivity contribution in [3.63, 3.8) is 0 Å². The van der Waals surface area contributed by atoms with Crippen molar-refractivity contribution >= 4 is 12.1 Å². The molecule has 1 saturated heterocycles. The van der Waals surface area contributed by atoms with Crippen LogP contribution >= 0.6 is 0 Å². The summed E-state index contributed by atoms with van der Waals surface area (Å²) >= 11 is 0. The van der Waals surface area contributed by atoms with Crippen molar-refractivity contribution in [3.05, 3.63) is 0 Å². The zero-order chi connectivity index (χ0) is 13.1. The number of carboxylic acids is 1. The van der Waals surface area contributed by atoms with E-state index in [4.69, 9.17) is 9.84 Å². The van der Waals surface area contributed by atoms with E-state index in [2.05, 4.69) is 5.32 Å². The van der Waals surface area contributed by atoms with Gasteiger partial charge in [-0.2, -0.15) is 0 Å². The smallest absolute Gasteiger partial charge is 0.410 e. The Bertz CT molecular complexity index is 298. The minimum atomic E-state index is -0.867. The monoisotopic (exact) mass is 244 g/mol. The molecule has 0 saturated carbocycles. The molecule has 1 fully saturated rings. The zero-order valence-corrected chi connectivity index (χ0v) is 10.5. The van der Waals surface area contributed by atoms with Crippen LogP contribution in [0.3, 0.4) is 0 Å². The molecule has 98 valence electrons. The van der Waals surface area contributed by atoms with Crippen molar-refractivity contribution in [2.45, 2.75) is 38.8 Å². The van der Waals surface area contributed by atoms with Crippen molar-refractivity contribution in [1.82, 2.24) is 10.2 Å². The number of rotatable bonds is 2. The molecule has 0 bridgehead atoms. The van der Waals surface area contributed by atoms with Gasteiger partial charge in [-0.1, -0.05) is 0 Å². The van der Waals surface area contributed by atoms with E-state index < -0.39 is 11.6 Å². The van der Waals surface area contributed by atoms with E-state index >= 15 is 0 Å². The van der Waals surface area contributed by atoms with Gasteiger partial charge in [0.25, 0.3) is 0 Å². The lowest BCUT2D eigenvalue weighted by Crippen LogP contribution is -2.54. The van der Waals surface area contributed by atoms with Gasteiger partial charge in [0, 0.05) is 25.7 Å². The number of carbonyl (C=O) groups excluding carboxylic acids is 1. The topological polar surface area (TPSA) is 78.9 Å². The van der Waals surface area contributed by atoms with Crippen LogP contribution in [0.1, 0.15) is 27.2 Å². The number of hydrogen-bond donors (Lipinski definition) is 2. The summed E-state index contributed by atoms with van der Waals surface area (Å²) < 4.78 is 5.24. The van der Waals surface area contributed by atoms with E-state index in [9.17, 15) is 9.59 Å². The summed E-state index contributed by atoms with van der Waals surface area (Å²) in [6.07, 6.45) is -0.367. The average molecular weight is 244 g/mol. The van der Waals surface area contributed by atoms with E-state index in [-0.39, 0.29) is 18.6 Å². The maximum absolute atomic E-state index is 11.8. The van der Waals surface area contributed by atoms with E-state index in [1.54, 1.807) is 4.90 Å². The van der Waals surface area contributed by atoms with E-state index in [0.717, 1.165) is 0 Å². The number of amides is 1. The third kappa shape index (κ3) is 5.04. The first kappa shape index (κ1) is 13.8. The highest BCUT2D eigenvalue weighted by molar-refractivity contribution is 5.69. The van der Waals surface area contributed by atoms with Crippen LogP contribution in [-0.4, -0.2) is 53.3 Å². The average Bonchev–Trinajstić information content (AvgIpc) is 2.14. The molecule has 1 amide bonds. The zero-order valence-electron chi connectivity index (χ0n) is 10.5. The van der Waals surface area contributed by atoms with Gasteiger partial charge in [0.2, 0.25) is 0 Å². The lowest BCUT2D eigenvalue weighted by molar-refractivity contribution is -0.137. The molecule has 6 nitrogen and oxygen atoms in total. The summed E-state index contributed by atoms with van der Waals surface area (Å²) in [4.78, 5) is 23.9. The van der Waals surface area contributed by atoms with Gasteiger partial charge in [0.15, 0.2) is 0 Å². The van der Waals surface area contributed by atoms with Crippen LogP contribution in [0.4, 0.5) is 4.79 Å².